The van der Waals surface area contributed by atoms with Gasteiger partial charge in [0.05, 0.1) is 31.5 Å². The van der Waals surface area contributed by atoms with Crippen molar-refractivity contribution in [2.24, 2.45) is 5.92 Å². The summed E-state index contributed by atoms with van der Waals surface area (Å²) in [6.07, 6.45) is 2.51. The van der Waals surface area contributed by atoms with Crippen LogP contribution in [0, 0.1) is 5.92 Å². The van der Waals surface area contributed by atoms with Gasteiger partial charge in [0.1, 0.15) is 10.8 Å². The number of aromatic nitrogens is 1. The monoisotopic (exact) mass is 360 g/mol. The lowest BCUT2D eigenvalue weighted by Crippen LogP contribution is -2.32. The third-order valence-electron chi connectivity index (χ3n) is 4.15. The number of nitrogens with zero attached hydrogens (tertiary/aromatic N) is 2. The molecular formula is C19H24N2O3S. The second-order valence-electron chi connectivity index (χ2n) is 6.26. The highest BCUT2D eigenvalue weighted by atomic mass is 32.1. The molecule has 0 radical (unpaired) electrons. The van der Waals surface area contributed by atoms with E-state index in [9.17, 15) is 4.79 Å². The molecule has 1 saturated carbocycles. The van der Waals surface area contributed by atoms with Crippen LogP contribution in [-0.4, -0.2) is 42.7 Å². The molecule has 1 aromatic heterocycles. The number of benzene rings is 1. The molecule has 1 aliphatic carbocycles. The fourth-order valence-electron chi connectivity index (χ4n) is 2.79. The van der Waals surface area contributed by atoms with Crippen LogP contribution in [0.25, 0.3) is 10.6 Å². The van der Waals surface area contributed by atoms with E-state index in [0.717, 1.165) is 28.6 Å². The van der Waals surface area contributed by atoms with Gasteiger partial charge >= 0.3 is 5.97 Å². The number of thiazole rings is 1. The van der Waals surface area contributed by atoms with Crippen LogP contribution in [0.3, 0.4) is 0 Å². The molecule has 1 aliphatic rings. The standard InChI is InChI=1S/C19H24N2O3S/c1-3-24-18(22)12-21(10-14-8-9-14)11-15-13-25-19(20-15)16-6-4-5-7-17(16)23-2/h4-7,13-14H,3,8-12H2,1-2H3. The Morgan fingerprint density at radius 2 is 2.16 bits per heavy atom. The summed E-state index contributed by atoms with van der Waals surface area (Å²) in [5, 5.41) is 3.00. The van der Waals surface area contributed by atoms with Gasteiger partial charge < -0.3 is 9.47 Å². The normalized spacial score (nSPS) is 13.9. The lowest BCUT2D eigenvalue weighted by molar-refractivity contribution is -0.144. The van der Waals surface area contributed by atoms with Crippen LogP contribution >= 0.6 is 11.3 Å². The first kappa shape index (κ1) is 17.9. The maximum atomic E-state index is 11.9. The van der Waals surface area contributed by atoms with Gasteiger partial charge in [-0.2, -0.15) is 0 Å². The first-order valence-electron chi connectivity index (χ1n) is 8.65. The molecule has 0 bridgehead atoms. The SMILES string of the molecule is CCOC(=O)CN(Cc1csc(-c2ccccc2OC)n1)CC1CC1. The molecule has 5 nitrogen and oxygen atoms in total. The van der Waals surface area contributed by atoms with Gasteiger partial charge in [-0.15, -0.1) is 11.3 Å². The third-order valence-corrected chi connectivity index (χ3v) is 5.07. The number of hydrogen-bond donors (Lipinski definition) is 0. The minimum Gasteiger partial charge on any atom is -0.496 e. The van der Waals surface area contributed by atoms with E-state index in [4.69, 9.17) is 14.5 Å². The van der Waals surface area contributed by atoms with Crippen molar-refractivity contribution in [3.8, 4) is 16.3 Å². The Labute approximate surface area is 152 Å². The van der Waals surface area contributed by atoms with Gasteiger partial charge in [0.25, 0.3) is 0 Å². The van der Waals surface area contributed by atoms with Gasteiger partial charge in [0.2, 0.25) is 0 Å². The van der Waals surface area contributed by atoms with E-state index >= 15 is 0 Å². The Hall–Kier alpha value is -1.92. The average molecular weight is 360 g/mol. The Morgan fingerprint density at radius 1 is 1.36 bits per heavy atom. The van der Waals surface area contributed by atoms with Crippen molar-refractivity contribution >= 4 is 17.3 Å². The summed E-state index contributed by atoms with van der Waals surface area (Å²) in [6.45, 7) is 4.18. The topological polar surface area (TPSA) is 51.7 Å². The van der Waals surface area contributed by atoms with Gasteiger partial charge in [-0.3, -0.25) is 9.69 Å². The van der Waals surface area contributed by atoms with Crippen LogP contribution in [-0.2, 0) is 16.1 Å². The number of carbonyl (C=O) groups is 1. The number of hydrogen-bond acceptors (Lipinski definition) is 6. The predicted octanol–water partition coefficient (Wildman–Crippen LogP) is 3.59. The number of methoxy groups -OCH3 is 1. The zero-order chi connectivity index (χ0) is 17.6. The molecule has 0 unspecified atom stereocenters. The van der Waals surface area contributed by atoms with Crippen molar-refractivity contribution in [1.29, 1.82) is 0 Å². The van der Waals surface area contributed by atoms with Crippen LogP contribution in [0.5, 0.6) is 5.75 Å². The molecule has 0 amide bonds. The fraction of sp³-hybridized carbons (Fsp3) is 0.474. The van der Waals surface area contributed by atoms with E-state index in [-0.39, 0.29) is 5.97 Å². The molecule has 134 valence electrons. The van der Waals surface area contributed by atoms with E-state index in [1.54, 1.807) is 18.4 Å². The Balaban J connectivity index is 1.70. The number of rotatable bonds is 9. The summed E-state index contributed by atoms with van der Waals surface area (Å²) in [4.78, 5) is 18.8. The molecular weight excluding hydrogens is 336 g/mol. The Kier molecular flexibility index (Phi) is 6.04. The van der Waals surface area contributed by atoms with Gasteiger partial charge in [0, 0.05) is 18.5 Å². The molecule has 25 heavy (non-hydrogen) atoms. The van der Waals surface area contributed by atoms with Crippen molar-refractivity contribution in [3.63, 3.8) is 0 Å². The predicted molar refractivity (Wildman–Crippen MR) is 98.7 cm³/mol. The average Bonchev–Trinajstić information content (AvgIpc) is 3.30. The lowest BCUT2D eigenvalue weighted by Gasteiger charge is -2.20. The molecule has 0 aliphatic heterocycles. The smallest absolute Gasteiger partial charge is 0.320 e. The van der Waals surface area contributed by atoms with Crippen molar-refractivity contribution < 1.29 is 14.3 Å². The van der Waals surface area contributed by atoms with Gasteiger partial charge in [-0.05, 0) is 37.8 Å². The Bertz CT molecular complexity index is 712. The largest absolute Gasteiger partial charge is 0.496 e. The highest BCUT2D eigenvalue weighted by molar-refractivity contribution is 7.13. The van der Waals surface area contributed by atoms with Gasteiger partial charge in [0.15, 0.2) is 0 Å². The van der Waals surface area contributed by atoms with Crippen molar-refractivity contribution in [3.05, 3.63) is 35.3 Å². The molecule has 0 atom stereocenters. The van der Waals surface area contributed by atoms with Crippen LogP contribution in [0.4, 0.5) is 0 Å². The fourth-order valence-corrected chi connectivity index (χ4v) is 3.63. The molecule has 0 spiro atoms. The molecule has 6 heteroatoms. The number of esters is 1. The first-order valence-corrected chi connectivity index (χ1v) is 9.53. The van der Waals surface area contributed by atoms with E-state index in [0.29, 0.717) is 25.6 Å². The van der Waals surface area contributed by atoms with E-state index < -0.39 is 0 Å². The highest BCUT2D eigenvalue weighted by Gasteiger charge is 2.26. The molecule has 2 aromatic rings. The summed E-state index contributed by atoms with van der Waals surface area (Å²) < 4.78 is 10.5. The lowest BCUT2D eigenvalue weighted by atomic mass is 10.2. The minimum absolute atomic E-state index is 0.164. The minimum atomic E-state index is -0.164. The maximum absolute atomic E-state index is 11.9. The number of para-hydroxylation sites is 1. The maximum Gasteiger partial charge on any atom is 0.320 e. The van der Waals surface area contributed by atoms with E-state index in [1.165, 1.54) is 12.8 Å². The molecule has 1 fully saturated rings. The van der Waals surface area contributed by atoms with Gasteiger partial charge in [-0.25, -0.2) is 4.98 Å². The molecule has 0 N–H and O–H groups in total. The van der Waals surface area contributed by atoms with Crippen molar-refractivity contribution in [1.82, 2.24) is 9.88 Å². The van der Waals surface area contributed by atoms with E-state index in [1.807, 2.05) is 31.2 Å². The summed E-state index contributed by atoms with van der Waals surface area (Å²) >= 11 is 1.60. The first-order chi connectivity index (χ1) is 12.2. The number of ether oxygens (including phenoxy) is 2. The summed E-state index contributed by atoms with van der Waals surface area (Å²) in [7, 11) is 1.67. The second-order valence-corrected chi connectivity index (χ2v) is 7.12. The zero-order valence-corrected chi connectivity index (χ0v) is 15.6. The quantitative estimate of drug-likeness (QED) is 0.640. The second kappa shape index (κ2) is 8.45. The third kappa shape index (κ3) is 5.03. The van der Waals surface area contributed by atoms with Gasteiger partial charge in [-0.1, -0.05) is 12.1 Å². The van der Waals surface area contributed by atoms with Crippen LogP contribution < -0.4 is 4.74 Å². The zero-order valence-electron chi connectivity index (χ0n) is 14.7. The van der Waals surface area contributed by atoms with E-state index in [2.05, 4.69) is 10.3 Å². The molecule has 1 heterocycles. The summed E-state index contributed by atoms with van der Waals surface area (Å²) in [5.41, 5.74) is 1.98. The molecule has 0 saturated heterocycles. The van der Waals surface area contributed by atoms with Crippen LogP contribution in [0.2, 0.25) is 0 Å². The summed E-state index contributed by atoms with van der Waals surface area (Å²) in [5.74, 6) is 1.37. The number of carbonyl (C=O) groups excluding carboxylic acids is 1. The van der Waals surface area contributed by atoms with Crippen LogP contribution in [0.15, 0.2) is 29.6 Å². The molecule has 1 aromatic carbocycles. The van der Waals surface area contributed by atoms with Crippen molar-refractivity contribution in [2.75, 3.05) is 26.8 Å². The molecule has 3 rings (SSSR count). The Morgan fingerprint density at radius 3 is 2.88 bits per heavy atom. The summed E-state index contributed by atoms with van der Waals surface area (Å²) in [6, 6.07) is 7.89. The highest BCUT2D eigenvalue weighted by Crippen LogP contribution is 2.33. The van der Waals surface area contributed by atoms with Crippen LogP contribution in [0.1, 0.15) is 25.5 Å². The van der Waals surface area contributed by atoms with Crippen molar-refractivity contribution in [2.45, 2.75) is 26.3 Å².